The first-order chi connectivity index (χ1) is 7.97. The molecule has 5 heteroatoms. The van der Waals surface area contributed by atoms with Crippen LogP contribution in [0.2, 0.25) is 0 Å². The molecule has 88 valence electrons. The van der Waals surface area contributed by atoms with Crippen molar-refractivity contribution in [3.63, 3.8) is 0 Å². The number of nitro benzene ring substituents is 1. The van der Waals surface area contributed by atoms with E-state index in [4.69, 9.17) is 6.42 Å². The van der Waals surface area contributed by atoms with Crippen LogP contribution in [0, 0.1) is 29.4 Å². The van der Waals surface area contributed by atoms with E-state index in [9.17, 15) is 14.9 Å². The van der Waals surface area contributed by atoms with Crippen LogP contribution in [0.3, 0.4) is 0 Å². The van der Waals surface area contributed by atoms with Gasteiger partial charge in [0.15, 0.2) is 0 Å². The Morgan fingerprint density at radius 2 is 2.24 bits per heavy atom. The van der Waals surface area contributed by atoms with Gasteiger partial charge in [0.2, 0.25) is 0 Å². The third-order valence-electron chi connectivity index (χ3n) is 2.34. The molecule has 0 bridgehead atoms. The predicted octanol–water partition coefficient (Wildman–Crippen LogP) is 1.65. The number of nitrogens with zero attached hydrogens (tertiary/aromatic N) is 1. The molecule has 1 amide bonds. The van der Waals surface area contributed by atoms with Gasteiger partial charge < -0.3 is 5.32 Å². The summed E-state index contributed by atoms with van der Waals surface area (Å²) in [6.07, 6.45) is 5.14. The molecule has 1 aromatic carbocycles. The molecule has 0 saturated heterocycles. The fourth-order valence-electron chi connectivity index (χ4n) is 1.38. The molecule has 1 unspecified atom stereocenters. The third-order valence-corrected chi connectivity index (χ3v) is 2.34. The molecule has 1 rings (SSSR count). The van der Waals surface area contributed by atoms with Crippen LogP contribution in [0.1, 0.15) is 22.8 Å². The second-order valence-electron chi connectivity index (χ2n) is 3.57. The van der Waals surface area contributed by atoms with Crippen LogP contribution < -0.4 is 5.32 Å². The maximum Gasteiger partial charge on any atom is 0.273 e. The van der Waals surface area contributed by atoms with Gasteiger partial charge in [0, 0.05) is 17.2 Å². The van der Waals surface area contributed by atoms with Gasteiger partial charge in [-0.3, -0.25) is 14.9 Å². The normalized spacial score (nSPS) is 11.4. The van der Waals surface area contributed by atoms with Crippen LogP contribution in [0.15, 0.2) is 18.2 Å². The highest BCUT2D eigenvalue weighted by molar-refractivity contribution is 5.96. The second kappa shape index (κ2) is 5.12. The van der Waals surface area contributed by atoms with E-state index in [1.165, 1.54) is 25.1 Å². The summed E-state index contributed by atoms with van der Waals surface area (Å²) in [6.45, 7) is 3.19. The lowest BCUT2D eigenvalue weighted by Crippen LogP contribution is -2.31. The van der Waals surface area contributed by atoms with E-state index in [2.05, 4.69) is 11.2 Å². The number of amides is 1. The third kappa shape index (κ3) is 2.82. The molecule has 0 aliphatic rings. The number of carbonyl (C=O) groups is 1. The van der Waals surface area contributed by atoms with Crippen molar-refractivity contribution < 1.29 is 9.72 Å². The summed E-state index contributed by atoms with van der Waals surface area (Å²) in [5.41, 5.74) is 0.520. The maximum absolute atomic E-state index is 11.8. The summed E-state index contributed by atoms with van der Waals surface area (Å²) in [7, 11) is 0. The minimum absolute atomic E-state index is 0.0778. The predicted molar refractivity (Wildman–Crippen MR) is 63.6 cm³/mol. The Labute approximate surface area is 99.0 Å². The molecule has 17 heavy (non-hydrogen) atoms. The number of carbonyl (C=O) groups excluding carboxylic acids is 1. The Bertz CT molecular complexity index is 503. The Morgan fingerprint density at radius 3 is 2.76 bits per heavy atom. The van der Waals surface area contributed by atoms with Crippen molar-refractivity contribution in [1.29, 1.82) is 0 Å². The monoisotopic (exact) mass is 232 g/mol. The first-order valence-corrected chi connectivity index (χ1v) is 4.98. The van der Waals surface area contributed by atoms with Crippen molar-refractivity contribution in [3.8, 4) is 12.3 Å². The molecular weight excluding hydrogens is 220 g/mol. The number of nitrogens with one attached hydrogen (secondary N) is 1. The topological polar surface area (TPSA) is 72.2 Å². The van der Waals surface area contributed by atoms with Crippen molar-refractivity contribution in [2.75, 3.05) is 0 Å². The fraction of sp³-hybridized carbons (Fsp3) is 0.250. The maximum atomic E-state index is 11.8. The van der Waals surface area contributed by atoms with E-state index in [1.54, 1.807) is 6.92 Å². The lowest BCUT2D eigenvalue weighted by molar-refractivity contribution is -0.385. The van der Waals surface area contributed by atoms with Crippen LogP contribution in [-0.4, -0.2) is 16.9 Å². The molecule has 5 nitrogen and oxygen atoms in total. The lowest BCUT2D eigenvalue weighted by Gasteiger charge is -2.09. The van der Waals surface area contributed by atoms with Crippen LogP contribution in [0.5, 0.6) is 0 Å². The van der Waals surface area contributed by atoms with Gasteiger partial charge in [-0.1, -0.05) is 12.0 Å². The van der Waals surface area contributed by atoms with E-state index in [-0.39, 0.29) is 11.3 Å². The minimum atomic E-state index is -0.517. The van der Waals surface area contributed by atoms with Gasteiger partial charge in [-0.15, -0.1) is 6.42 Å². The Morgan fingerprint density at radius 1 is 1.59 bits per heavy atom. The summed E-state index contributed by atoms with van der Waals surface area (Å²) in [5, 5.41) is 13.3. The highest BCUT2D eigenvalue weighted by Crippen LogP contribution is 2.20. The number of terminal acetylenes is 1. The molecule has 0 aliphatic carbocycles. The molecule has 0 saturated carbocycles. The van der Waals surface area contributed by atoms with E-state index in [0.29, 0.717) is 5.56 Å². The van der Waals surface area contributed by atoms with Crippen molar-refractivity contribution in [2.45, 2.75) is 19.9 Å². The average molecular weight is 232 g/mol. The van der Waals surface area contributed by atoms with Gasteiger partial charge in [-0.05, 0) is 19.9 Å². The molecule has 0 aliphatic heterocycles. The first kappa shape index (κ1) is 12.7. The van der Waals surface area contributed by atoms with Crippen LogP contribution in [-0.2, 0) is 0 Å². The summed E-state index contributed by atoms with van der Waals surface area (Å²) < 4.78 is 0. The molecule has 0 radical (unpaired) electrons. The highest BCUT2D eigenvalue weighted by atomic mass is 16.6. The second-order valence-corrected chi connectivity index (χ2v) is 3.57. The molecule has 1 atom stereocenters. The van der Waals surface area contributed by atoms with E-state index < -0.39 is 16.9 Å². The summed E-state index contributed by atoms with van der Waals surface area (Å²) >= 11 is 0. The van der Waals surface area contributed by atoms with Crippen molar-refractivity contribution >= 4 is 11.6 Å². The summed E-state index contributed by atoms with van der Waals surface area (Å²) in [5.74, 6) is 1.95. The van der Waals surface area contributed by atoms with Gasteiger partial charge in [0.25, 0.3) is 11.6 Å². The van der Waals surface area contributed by atoms with Gasteiger partial charge in [-0.25, -0.2) is 0 Å². The zero-order valence-electron chi connectivity index (χ0n) is 9.56. The van der Waals surface area contributed by atoms with Crippen molar-refractivity contribution in [1.82, 2.24) is 5.32 Å². The van der Waals surface area contributed by atoms with Gasteiger partial charge >= 0.3 is 0 Å². The standard InChI is InChI=1S/C12H12N2O3/c1-4-8(2)13-12(15)10-6-5-7-11(9(10)3)14(16)17/h1,5-8H,2-3H3,(H,13,15). The lowest BCUT2D eigenvalue weighted by atomic mass is 10.1. The molecule has 0 aromatic heterocycles. The summed E-state index contributed by atoms with van der Waals surface area (Å²) in [6, 6.07) is 3.94. The van der Waals surface area contributed by atoms with Crippen LogP contribution in [0.25, 0.3) is 0 Å². The largest absolute Gasteiger partial charge is 0.339 e. The minimum Gasteiger partial charge on any atom is -0.339 e. The zero-order valence-corrected chi connectivity index (χ0v) is 9.56. The smallest absolute Gasteiger partial charge is 0.273 e. The highest BCUT2D eigenvalue weighted by Gasteiger charge is 2.18. The number of rotatable bonds is 3. The van der Waals surface area contributed by atoms with E-state index in [0.717, 1.165) is 0 Å². The molecule has 1 N–H and O–H groups in total. The Hall–Kier alpha value is -2.35. The average Bonchev–Trinajstić information content (AvgIpc) is 2.28. The molecule has 0 fully saturated rings. The number of nitro groups is 1. The molecule has 0 spiro atoms. The number of hydrogen-bond donors (Lipinski definition) is 1. The quantitative estimate of drug-likeness (QED) is 0.489. The van der Waals surface area contributed by atoms with Crippen molar-refractivity contribution in [3.05, 3.63) is 39.4 Å². The van der Waals surface area contributed by atoms with E-state index in [1.807, 2.05) is 0 Å². The van der Waals surface area contributed by atoms with Gasteiger partial charge in [-0.2, -0.15) is 0 Å². The Balaban J connectivity index is 3.08. The fourth-order valence-corrected chi connectivity index (χ4v) is 1.38. The van der Waals surface area contributed by atoms with Gasteiger partial charge in [0.1, 0.15) is 0 Å². The van der Waals surface area contributed by atoms with Crippen LogP contribution in [0.4, 0.5) is 5.69 Å². The Kier molecular flexibility index (Phi) is 3.83. The van der Waals surface area contributed by atoms with Gasteiger partial charge in [0.05, 0.1) is 11.0 Å². The number of hydrogen-bond acceptors (Lipinski definition) is 3. The molecule has 0 heterocycles. The zero-order chi connectivity index (χ0) is 13.0. The number of benzene rings is 1. The first-order valence-electron chi connectivity index (χ1n) is 4.98. The van der Waals surface area contributed by atoms with Crippen LogP contribution >= 0.6 is 0 Å². The summed E-state index contributed by atoms with van der Waals surface area (Å²) in [4.78, 5) is 22.0. The van der Waals surface area contributed by atoms with E-state index >= 15 is 0 Å². The molecule has 1 aromatic rings. The molecular formula is C12H12N2O3. The SMILES string of the molecule is C#CC(C)NC(=O)c1cccc([N+](=O)[O-])c1C. The van der Waals surface area contributed by atoms with Crippen molar-refractivity contribution in [2.24, 2.45) is 0 Å².